The lowest BCUT2D eigenvalue weighted by Gasteiger charge is -2.19. The smallest absolute Gasteiger partial charge is 0.328 e. The standard InChI is InChI=1S/C22H17F4N3O.C2H6/c1-2-13-6-7-18(22(24,25)26)17(8-13)21(30)29-11-15-10-27-20(28-19(15)12-29)14-4-3-5-16(23)9-14;1-2/h3-10H,2,11-12H2,1H3;1-2H3. The maximum Gasteiger partial charge on any atom is 0.417 e. The van der Waals surface area contributed by atoms with Crippen molar-refractivity contribution >= 4 is 5.91 Å². The molecule has 0 radical (unpaired) electrons. The van der Waals surface area contributed by atoms with E-state index in [-0.39, 0.29) is 18.7 Å². The van der Waals surface area contributed by atoms with Gasteiger partial charge in [0.15, 0.2) is 5.82 Å². The molecule has 0 saturated heterocycles. The second-order valence-corrected chi connectivity index (χ2v) is 7.07. The Hall–Kier alpha value is -3.29. The molecule has 0 atom stereocenters. The minimum absolute atomic E-state index is 0.0622. The van der Waals surface area contributed by atoms with Gasteiger partial charge in [-0.3, -0.25) is 4.79 Å². The molecule has 0 N–H and O–H groups in total. The molecule has 4 rings (SSSR count). The molecule has 1 aliphatic rings. The molecule has 8 heteroatoms. The fourth-order valence-corrected chi connectivity index (χ4v) is 3.47. The summed E-state index contributed by atoms with van der Waals surface area (Å²) in [4.78, 5) is 22.9. The van der Waals surface area contributed by atoms with Crippen molar-refractivity contribution in [1.82, 2.24) is 14.9 Å². The van der Waals surface area contributed by atoms with Crippen LogP contribution < -0.4 is 0 Å². The second kappa shape index (κ2) is 9.46. The highest BCUT2D eigenvalue weighted by atomic mass is 19.4. The predicted molar refractivity (Wildman–Crippen MR) is 113 cm³/mol. The summed E-state index contributed by atoms with van der Waals surface area (Å²) in [6.45, 7) is 5.99. The van der Waals surface area contributed by atoms with E-state index >= 15 is 0 Å². The fraction of sp³-hybridized carbons (Fsp3) is 0.292. The lowest BCUT2D eigenvalue weighted by molar-refractivity contribution is -0.138. The fourth-order valence-electron chi connectivity index (χ4n) is 3.47. The number of amides is 1. The van der Waals surface area contributed by atoms with Crippen LogP contribution in [0.2, 0.25) is 0 Å². The molecule has 3 aromatic rings. The molecule has 2 aromatic carbocycles. The highest BCUT2D eigenvalue weighted by molar-refractivity contribution is 5.96. The molecule has 1 aliphatic heterocycles. The van der Waals surface area contributed by atoms with Crippen LogP contribution >= 0.6 is 0 Å². The van der Waals surface area contributed by atoms with Crippen LogP contribution in [0.4, 0.5) is 17.6 Å². The first-order chi connectivity index (χ1) is 15.3. The van der Waals surface area contributed by atoms with Gasteiger partial charge in [-0.15, -0.1) is 0 Å². The summed E-state index contributed by atoms with van der Waals surface area (Å²) in [6, 6.07) is 9.45. The molecule has 0 saturated carbocycles. The van der Waals surface area contributed by atoms with E-state index in [1.54, 1.807) is 6.07 Å². The van der Waals surface area contributed by atoms with Gasteiger partial charge in [0, 0.05) is 23.9 Å². The van der Waals surface area contributed by atoms with Gasteiger partial charge in [-0.2, -0.15) is 13.2 Å². The molecule has 1 amide bonds. The summed E-state index contributed by atoms with van der Waals surface area (Å²) in [7, 11) is 0. The third-order valence-corrected chi connectivity index (χ3v) is 5.05. The van der Waals surface area contributed by atoms with Crippen molar-refractivity contribution in [3.05, 3.63) is 82.4 Å². The highest BCUT2D eigenvalue weighted by Gasteiger charge is 2.37. The maximum atomic E-state index is 13.5. The Morgan fingerprint density at radius 2 is 1.84 bits per heavy atom. The zero-order valence-corrected chi connectivity index (χ0v) is 18.0. The topological polar surface area (TPSA) is 46.1 Å². The summed E-state index contributed by atoms with van der Waals surface area (Å²) >= 11 is 0. The van der Waals surface area contributed by atoms with Gasteiger partial charge in [-0.05, 0) is 36.2 Å². The number of benzene rings is 2. The van der Waals surface area contributed by atoms with E-state index < -0.39 is 23.5 Å². The Morgan fingerprint density at radius 3 is 2.50 bits per heavy atom. The van der Waals surface area contributed by atoms with Crippen molar-refractivity contribution in [3.8, 4) is 11.4 Å². The van der Waals surface area contributed by atoms with Gasteiger partial charge in [0.2, 0.25) is 0 Å². The van der Waals surface area contributed by atoms with Gasteiger partial charge < -0.3 is 4.90 Å². The van der Waals surface area contributed by atoms with Gasteiger partial charge in [-0.1, -0.05) is 39.0 Å². The van der Waals surface area contributed by atoms with Gasteiger partial charge in [-0.25, -0.2) is 14.4 Å². The Balaban J connectivity index is 0.00000141. The molecule has 32 heavy (non-hydrogen) atoms. The zero-order chi connectivity index (χ0) is 23.5. The summed E-state index contributed by atoms with van der Waals surface area (Å²) in [6.07, 6.45) is -2.59. The van der Waals surface area contributed by atoms with Gasteiger partial charge >= 0.3 is 6.18 Å². The highest BCUT2D eigenvalue weighted by Crippen LogP contribution is 2.34. The number of halogens is 4. The van der Waals surface area contributed by atoms with E-state index in [1.807, 2.05) is 20.8 Å². The largest absolute Gasteiger partial charge is 0.417 e. The number of carbonyl (C=O) groups is 1. The van der Waals surface area contributed by atoms with Crippen molar-refractivity contribution < 1.29 is 22.4 Å². The number of fused-ring (bicyclic) bond motifs is 1. The number of hydrogen-bond donors (Lipinski definition) is 0. The molecule has 168 valence electrons. The van der Waals surface area contributed by atoms with E-state index in [1.165, 1.54) is 41.4 Å². The van der Waals surface area contributed by atoms with Crippen LogP contribution in [0.25, 0.3) is 11.4 Å². The lowest BCUT2D eigenvalue weighted by atomic mass is 10.0. The monoisotopic (exact) mass is 445 g/mol. The van der Waals surface area contributed by atoms with Gasteiger partial charge in [0.1, 0.15) is 5.82 Å². The number of aromatic nitrogens is 2. The normalized spacial score (nSPS) is 12.8. The molecule has 0 bridgehead atoms. The van der Waals surface area contributed by atoms with E-state index in [0.29, 0.717) is 34.6 Å². The van der Waals surface area contributed by atoms with Crippen LogP contribution in [0.5, 0.6) is 0 Å². The minimum atomic E-state index is -4.63. The van der Waals surface area contributed by atoms with Crippen LogP contribution in [-0.2, 0) is 25.7 Å². The summed E-state index contributed by atoms with van der Waals surface area (Å²) in [5, 5.41) is 0. The molecule has 0 fully saturated rings. The molecular formula is C24H23F4N3O. The van der Waals surface area contributed by atoms with Gasteiger partial charge in [0.25, 0.3) is 5.91 Å². The van der Waals surface area contributed by atoms with Crippen LogP contribution in [0, 0.1) is 5.82 Å². The molecule has 0 aliphatic carbocycles. The Labute approximate surface area is 183 Å². The van der Waals surface area contributed by atoms with Crippen molar-refractivity contribution in [2.45, 2.75) is 46.5 Å². The number of alkyl halides is 3. The molecule has 0 unspecified atom stereocenters. The van der Waals surface area contributed by atoms with Gasteiger partial charge in [0.05, 0.1) is 23.4 Å². The third kappa shape index (κ3) is 4.79. The maximum absolute atomic E-state index is 13.5. The zero-order valence-electron chi connectivity index (χ0n) is 18.0. The molecule has 0 spiro atoms. The molecule has 1 aromatic heterocycles. The first kappa shape index (κ1) is 23.4. The Morgan fingerprint density at radius 1 is 1.09 bits per heavy atom. The molecular weight excluding hydrogens is 422 g/mol. The second-order valence-electron chi connectivity index (χ2n) is 7.07. The van der Waals surface area contributed by atoms with Crippen molar-refractivity contribution in [3.63, 3.8) is 0 Å². The van der Waals surface area contributed by atoms with Crippen LogP contribution in [0.3, 0.4) is 0 Å². The first-order valence-electron chi connectivity index (χ1n) is 10.4. The van der Waals surface area contributed by atoms with Crippen LogP contribution in [0.15, 0.2) is 48.7 Å². The van der Waals surface area contributed by atoms with Crippen molar-refractivity contribution in [1.29, 1.82) is 0 Å². The average molecular weight is 445 g/mol. The lowest BCUT2D eigenvalue weighted by Crippen LogP contribution is -2.28. The van der Waals surface area contributed by atoms with Crippen LogP contribution in [-0.4, -0.2) is 20.8 Å². The Bertz CT molecular complexity index is 1130. The van der Waals surface area contributed by atoms with E-state index in [4.69, 9.17) is 0 Å². The number of hydrogen-bond acceptors (Lipinski definition) is 3. The number of aryl methyl sites for hydroxylation is 1. The van der Waals surface area contributed by atoms with Crippen LogP contribution in [0.1, 0.15) is 53.5 Å². The van der Waals surface area contributed by atoms with E-state index in [2.05, 4.69) is 9.97 Å². The quantitative estimate of drug-likeness (QED) is 0.462. The molecule has 4 nitrogen and oxygen atoms in total. The summed E-state index contributed by atoms with van der Waals surface area (Å²) in [5.74, 6) is -0.835. The van der Waals surface area contributed by atoms with Crippen molar-refractivity contribution in [2.75, 3.05) is 0 Å². The average Bonchev–Trinajstić information content (AvgIpc) is 3.22. The summed E-state index contributed by atoms with van der Waals surface area (Å²) in [5.41, 5.74) is 1.01. The Kier molecular flexibility index (Phi) is 6.91. The third-order valence-electron chi connectivity index (χ3n) is 5.05. The predicted octanol–water partition coefficient (Wildman–Crippen LogP) is 6.05. The van der Waals surface area contributed by atoms with E-state index in [0.717, 1.165) is 6.07 Å². The summed E-state index contributed by atoms with van der Waals surface area (Å²) < 4.78 is 53.8. The van der Waals surface area contributed by atoms with E-state index in [9.17, 15) is 22.4 Å². The minimum Gasteiger partial charge on any atom is -0.328 e. The number of rotatable bonds is 3. The SMILES string of the molecule is CC.CCc1ccc(C(F)(F)F)c(C(=O)N2Cc3cnc(-c4cccc(F)c4)nc3C2)c1. The molecule has 2 heterocycles. The number of nitrogens with zero attached hydrogens (tertiary/aromatic N) is 3. The number of carbonyl (C=O) groups excluding carboxylic acids is 1. The first-order valence-corrected chi connectivity index (χ1v) is 10.4. The van der Waals surface area contributed by atoms with Crippen molar-refractivity contribution in [2.24, 2.45) is 0 Å².